The summed E-state index contributed by atoms with van der Waals surface area (Å²) in [5.41, 5.74) is 2.64. The number of amides is 1. The van der Waals surface area contributed by atoms with Gasteiger partial charge in [-0.2, -0.15) is 0 Å². The van der Waals surface area contributed by atoms with Crippen LogP contribution in [0.15, 0.2) is 48.5 Å². The van der Waals surface area contributed by atoms with E-state index in [9.17, 15) is 9.90 Å². The molecule has 0 unspecified atom stereocenters. The Kier molecular flexibility index (Phi) is 4.97. The van der Waals surface area contributed by atoms with Gasteiger partial charge < -0.3 is 15.2 Å². The van der Waals surface area contributed by atoms with Crippen molar-refractivity contribution in [3.63, 3.8) is 0 Å². The summed E-state index contributed by atoms with van der Waals surface area (Å²) in [7, 11) is 1.63. The SMILES string of the molecule is COCc1cccc(C(=O)NC[C@@]2(O)CCCc3ccccc32)c1. The molecule has 1 aliphatic rings. The summed E-state index contributed by atoms with van der Waals surface area (Å²) in [6.45, 7) is 0.690. The average molecular weight is 325 g/mol. The molecule has 3 rings (SSSR count). The molecule has 2 N–H and O–H groups in total. The third kappa shape index (κ3) is 3.50. The first-order valence-corrected chi connectivity index (χ1v) is 8.29. The maximum Gasteiger partial charge on any atom is 0.251 e. The second-order valence-corrected chi connectivity index (χ2v) is 6.36. The molecule has 0 saturated carbocycles. The molecular formula is C20H23NO3. The van der Waals surface area contributed by atoms with Gasteiger partial charge in [-0.15, -0.1) is 0 Å². The van der Waals surface area contributed by atoms with Crippen molar-refractivity contribution in [3.05, 3.63) is 70.8 Å². The molecule has 24 heavy (non-hydrogen) atoms. The van der Waals surface area contributed by atoms with Crippen molar-refractivity contribution in [2.75, 3.05) is 13.7 Å². The summed E-state index contributed by atoms with van der Waals surface area (Å²) < 4.78 is 5.10. The highest BCUT2D eigenvalue weighted by molar-refractivity contribution is 5.94. The topological polar surface area (TPSA) is 58.6 Å². The molecule has 2 aromatic rings. The van der Waals surface area contributed by atoms with Crippen molar-refractivity contribution in [2.45, 2.75) is 31.5 Å². The predicted octanol–water partition coefficient (Wildman–Crippen LogP) is 2.79. The second-order valence-electron chi connectivity index (χ2n) is 6.36. The Morgan fingerprint density at radius 3 is 2.92 bits per heavy atom. The van der Waals surface area contributed by atoms with Gasteiger partial charge in [0, 0.05) is 12.7 Å². The van der Waals surface area contributed by atoms with Crippen LogP contribution in [0.1, 0.15) is 39.9 Å². The fourth-order valence-corrected chi connectivity index (χ4v) is 3.38. The number of hydrogen-bond acceptors (Lipinski definition) is 3. The number of carbonyl (C=O) groups is 1. The van der Waals surface area contributed by atoms with E-state index >= 15 is 0 Å². The van der Waals surface area contributed by atoms with E-state index in [1.54, 1.807) is 13.2 Å². The summed E-state index contributed by atoms with van der Waals surface area (Å²) in [6, 6.07) is 15.3. The third-order valence-electron chi connectivity index (χ3n) is 4.60. The van der Waals surface area contributed by atoms with Gasteiger partial charge in [0.05, 0.1) is 13.2 Å². The lowest BCUT2D eigenvalue weighted by Crippen LogP contribution is -2.43. The van der Waals surface area contributed by atoms with Gasteiger partial charge in [0.15, 0.2) is 0 Å². The maximum atomic E-state index is 12.4. The summed E-state index contributed by atoms with van der Waals surface area (Å²) in [5, 5.41) is 13.9. The number of aryl methyl sites for hydroxylation is 1. The van der Waals surface area contributed by atoms with Gasteiger partial charge in [-0.1, -0.05) is 36.4 Å². The molecule has 0 saturated heterocycles. The predicted molar refractivity (Wildman–Crippen MR) is 92.8 cm³/mol. The van der Waals surface area contributed by atoms with Crippen molar-refractivity contribution in [2.24, 2.45) is 0 Å². The number of rotatable bonds is 5. The lowest BCUT2D eigenvalue weighted by atomic mass is 9.79. The van der Waals surface area contributed by atoms with E-state index in [2.05, 4.69) is 11.4 Å². The zero-order chi connectivity index (χ0) is 17.0. The third-order valence-corrected chi connectivity index (χ3v) is 4.60. The fourth-order valence-electron chi connectivity index (χ4n) is 3.38. The first-order valence-electron chi connectivity index (χ1n) is 8.29. The van der Waals surface area contributed by atoms with Crippen molar-refractivity contribution in [3.8, 4) is 0 Å². The Bertz CT molecular complexity index is 728. The lowest BCUT2D eigenvalue weighted by molar-refractivity contribution is 0.0189. The van der Waals surface area contributed by atoms with Gasteiger partial charge in [-0.05, 0) is 48.1 Å². The van der Waals surface area contributed by atoms with Gasteiger partial charge in [0.2, 0.25) is 0 Å². The number of hydrogen-bond donors (Lipinski definition) is 2. The molecule has 4 heteroatoms. The smallest absolute Gasteiger partial charge is 0.251 e. The highest BCUT2D eigenvalue weighted by Gasteiger charge is 2.34. The van der Waals surface area contributed by atoms with Crippen LogP contribution in [0.25, 0.3) is 0 Å². The fraction of sp³-hybridized carbons (Fsp3) is 0.350. The Morgan fingerprint density at radius 1 is 1.25 bits per heavy atom. The molecule has 1 amide bonds. The first kappa shape index (κ1) is 16.7. The molecular weight excluding hydrogens is 302 g/mol. The van der Waals surface area contributed by atoms with Crippen LogP contribution in [0.3, 0.4) is 0 Å². The zero-order valence-electron chi connectivity index (χ0n) is 13.9. The van der Waals surface area contributed by atoms with Crippen LogP contribution in [-0.2, 0) is 23.4 Å². The quantitative estimate of drug-likeness (QED) is 0.889. The van der Waals surface area contributed by atoms with Crippen LogP contribution >= 0.6 is 0 Å². The van der Waals surface area contributed by atoms with Crippen LogP contribution < -0.4 is 5.32 Å². The van der Waals surface area contributed by atoms with Crippen molar-refractivity contribution in [1.29, 1.82) is 0 Å². The Hall–Kier alpha value is -2.17. The van der Waals surface area contributed by atoms with E-state index in [0.717, 1.165) is 24.0 Å². The second kappa shape index (κ2) is 7.16. The molecule has 0 fully saturated rings. The molecule has 2 aromatic carbocycles. The number of aliphatic hydroxyl groups is 1. The van der Waals surface area contributed by atoms with Crippen LogP contribution in [-0.4, -0.2) is 24.7 Å². The molecule has 126 valence electrons. The summed E-state index contributed by atoms with van der Waals surface area (Å²) in [4.78, 5) is 12.4. The minimum atomic E-state index is -0.991. The van der Waals surface area contributed by atoms with E-state index in [0.29, 0.717) is 18.6 Å². The summed E-state index contributed by atoms with van der Waals surface area (Å²) in [6.07, 6.45) is 2.56. The molecule has 0 heterocycles. The van der Waals surface area contributed by atoms with Crippen LogP contribution in [0, 0.1) is 0 Å². The maximum absolute atomic E-state index is 12.4. The molecule has 1 aliphatic carbocycles. The molecule has 0 radical (unpaired) electrons. The van der Waals surface area contributed by atoms with Crippen molar-refractivity contribution >= 4 is 5.91 Å². The van der Waals surface area contributed by atoms with Gasteiger partial charge in [0.1, 0.15) is 5.60 Å². The molecule has 0 bridgehead atoms. The van der Waals surface area contributed by atoms with E-state index in [-0.39, 0.29) is 12.5 Å². The Labute approximate surface area is 142 Å². The van der Waals surface area contributed by atoms with E-state index in [4.69, 9.17) is 4.74 Å². The monoisotopic (exact) mass is 325 g/mol. The minimum Gasteiger partial charge on any atom is -0.383 e. The lowest BCUT2D eigenvalue weighted by Gasteiger charge is -2.34. The van der Waals surface area contributed by atoms with Crippen LogP contribution in [0.2, 0.25) is 0 Å². The van der Waals surface area contributed by atoms with Crippen molar-refractivity contribution in [1.82, 2.24) is 5.32 Å². The molecule has 4 nitrogen and oxygen atoms in total. The molecule has 0 spiro atoms. The number of fused-ring (bicyclic) bond motifs is 1. The van der Waals surface area contributed by atoms with Gasteiger partial charge >= 0.3 is 0 Å². The standard InChI is InChI=1S/C20H23NO3/c1-24-13-15-6-4-8-17(12-15)19(22)21-14-20(23)11-5-9-16-7-2-3-10-18(16)20/h2-4,6-8,10,12,23H,5,9,11,13-14H2,1H3,(H,21,22)/t20-/m0/s1. The largest absolute Gasteiger partial charge is 0.383 e. The van der Waals surface area contributed by atoms with Crippen LogP contribution in [0.5, 0.6) is 0 Å². The van der Waals surface area contributed by atoms with Crippen LogP contribution in [0.4, 0.5) is 0 Å². The number of benzene rings is 2. The van der Waals surface area contributed by atoms with E-state index in [1.165, 1.54) is 5.56 Å². The molecule has 0 aliphatic heterocycles. The first-order chi connectivity index (χ1) is 11.6. The van der Waals surface area contributed by atoms with Gasteiger partial charge in [-0.3, -0.25) is 4.79 Å². The highest BCUT2D eigenvalue weighted by atomic mass is 16.5. The minimum absolute atomic E-state index is 0.176. The normalized spacial score (nSPS) is 19.6. The zero-order valence-corrected chi connectivity index (χ0v) is 13.9. The number of methoxy groups -OCH3 is 1. The van der Waals surface area contributed by atoms with Gasteiger partial charge in [-0.25, -0.2) is 0 Å². The Balaban J connectivity index is 1.72. The summed E-state index contributed by atoms with van der Waals surface area (Å²) >= 11 is 0. The number of ether oxygens (including phenoxy) is 1. The average Bonchev–Trinajstić information content (AvgIpc) is 2.61. The van der Waals surface area contributed by atoms with Gasteiger partial charge in [0.25, 0.3) is 5.91 Å². The number of carbonyl (C=O) groups excluding carboxylic acids is 1. The summed E-state index contributed by atoms with van der Waals surface area (Å²) in [5.74, 6) is -0.176. The van der Waals surface area contributed by atoms with E-state index < -0.39 is 5.60 Å². The Morgan fingerprint density at radius 2 is 2.08 bits per heavy atom. The molecule has 0 aromatic heterocycles. The van der Waals surface area contributed by atoms with E-state index in [1.807, 2.05) is 36.4 Å². The highest BCUT2D eigenvalue weighted by Crippen LogP contribution is 2.34. The number of nitrogens with one attached hydrogen (secondary N) is 1. The van der Waals surface area contributed by atoms with Crippen molar-refractivity contribution < 1.29 is 14.6 Å². The molecule has 1 atom stereocenters.